The van der Waals surface area contributed by atoms with Crippen LogP contribution in [0.2, 0.25) is 10.0 Å². The van der Waals surface area contributed by atoms with Crippen LogP contribution in [0.1, 0.15) is 26.8 Å². The van der Waals surface area contributed by atoms with E-state index >= 15 is 0 Å². The van der Waals surface area contributed by atoms with Crippen molar-refractivity contribution in [1.29, 1.82) is 0 Å². The number of carbonyl (C=O) groups is 3. The third-order valence-corrected chi connectivity index (χ3v) is 8.03. The molecule has 1 aromatic carbocycles. The highest BCUT2D eigenvalue weighted by molar-refractivity contribution is 7.99. The molecule has 3 aromatic rings. The zero-order valence-corrected chi connectivity index (χ0v) is 23.9. The van der Waals surface area contributed by atoms with Gasteiger partial charge in [0.1, 0.15) is 29.9 Å². The lowest BCUT2D eigenvalue weighted by Gasteiger charge is -2.44. The summed E-state index contributed by atoms with van der Waals surface area (Å²) >= 11 is 14.5. The fourth-order valence-corrected chi connectivity index (χ4v) is 6.45. The Kier molecular flexibility index (Phi) is 9.49. The van der Waals surface area contributed by atoms with E-state index in [1.807, 2.05) is 17.5 Å². The Balaban J connectivity index is 1.80. The van der Waals surface area contributed by atoms with Crippen molar-refractivity contribution in [1.82, 2.24) is 15.0 Å². The monoisotopic (exact) mass is 617 g/mol. The standard InChI is InChI=1S/C24H22Cl2FN3O7S2/c1-11(31)34-10-18-22(35-12(2)32)21(30-9-17(28-29-30)19-5-4-6-38-19)23(36-13(3)33)24(37-18)39-14-7-15(25)20(27)16(26)8-14/h4-9,18,21-24H,10H2,1-3H3/t18?,21-,22-,23?,24+/m0/s1. The van der Waals surface area contributed by atoms with E-state index in [1.54, 1.807) is 6.20 Å². The van der Waals surface area contributed by atoms with Crippen LogP contribution < -0.4 is 0 Å². The average molecular weight is 618 g/mol. The second-order valence-corrected chi connectivity index (χ2v) is 11.3. The molecule has 1 saturated heterocycles. The van der Waals surface area contributed by atoms with Gasteiger partial charge in [-0.25, -0.2) is 9.07 Å². The molecule has 2 aromatic heterocycles. The van der Waals surface area contributed by atoms with Gasteiger partial charge in [-0.3, -0.25) is 14.4 Å². The van der Waals surface area contributed by atoms with Crippen LogP contribution in [-0.4, -0.2) is 63.3 Å². The minimum atomic E-state index is -1.11. The molecular formula is C24H22Cl2FN3O7S2. The lowest BCUT2D eigenvalue weighted by atomic mass is 9.96. The number of thiophene rings is 1. The van der Waals surface area contributed by atoms with Crippen LogP contribution in [0.5, 0.6) is 0 Å². The first-order valence-corrected chi connectivity index (χ1v) is 13.9. The van der Waals surface area contributed by atoms with Gasteiger partial charge in [0.05, 0.1) is 21.1 Å². The molecule has 0 radical (unpaired) electrons. The Labute approximate surface area is 240 Å². The van der Waals surface area contributed by atoms with E-state index < -0.39 is 53.5 Å². The second kappa shape index (κ2) is 12.6. The number of ether oxygens (including phenoxy) is 4. The minimum Gasteiger partial charge on any atom is -0.463 e. The zero-order valence-electron chi connectivity index (χ0n) is 20.7. The molecule has 10 nitrogen and oxygen atoms in total. The number of thioether (sulfide) groups is 1. The predicted molar refractivity (Wildman–Crippen MR) is 141 cm³/mol. The fraction of sp³-hybridized carbons (Fsp3) is 0.375. The molecule has 208 valence electrons. The Morgan fingerprint density at radius 3 is 2.36 bits per heavy atom. The zero-order chi connectivity index (χ0) is 28.3. The molecule has 1 fully saturated rings. The Hall–Kier alpha value is -2.71. The molecular weight excluding hydrogens is 596 g/mol. The number of benzene rings is 1. The van der Waals surface area contributed by atoms with Crippen molar-refractivity contribution in [3.8, 4) is 10.6 Å². The number of rotatable bonds is 8. The summed E-state index contributed by atoms with van der Waals surface area (Å²) in [5, 5.41) is 9.93. The molecule has 0 aliphatic carbocycles. The van der Waals surface area contributed by atoms with Crippen molar-refractivity contribution in [3.05, 3.63) is 51.7 Å². The fourth-order valence-electron chi connectivity index (χ4n) is 3.97. The number of nitrogens with zero attached hydrogens (tertiary/aromatic N) is 3. The van der Waals surface area contributed by atoms with Gasteiger partial charge in [0, 0.05) is 25.7 Å². The van der Waals surface area contributed by atoms with Crippen molar-refractivity contribution in [2.75, 3.05) is 6.61 Å². The molecule has 39 heavy (non-hydrogen) atoms. The Morgan fingerprint density at radius 2 is 1.77 bits per heavy atom. The SMILES string of the molecule is CC(=O)OCC1O[C@H](Sc2cc(Cl)c(F)c(Cl)c2)C(OC(C)=O)[C@@H](n2cc(-c3cccs3)nn2)[C@H]1OC(C)=O. The maximum Gasteiger partial charge on any atom is 0.303 e. The van der Waals surface area contributed by atoms with Gasteiger partial charge in [-0.1, -0.05) is 46.2 Å². The quantitative estimate of drug-likeness (QED) is 0.195. The normalized spacial score (nSPS) is 22.8. The summed E-state index contributed by atoms with van der Waals surface area (Å²) in [7, 11) is 0. The summed E-state index contributed by atoms with van der Waals surface area (Å²) in [6, 6.07) is 5.45. The van der Waals surface area contributed by atoms with Crippen molar-refractivity contribution in [3.63, 3.8) is 0 Å². The van der Waals surface area contributed by atoms with Crippen LogP contribution in [-0.2, 0) is 33.3 Å². The topological polar surface area (TPSA) is 119 Å². The van der Waals surface area contributed by atoms with Gasteiger partial charge >= 0.3 is 17.9 Å². The van der Waals surface area contributed by atoms with Crippen LogP contribution in [0.15, 0.2) is 40.7 Å². The molecule has 0 saturated carbocycles. The number of hydrogen-bond acceptors (Lipinski definition) is 11. The molecule has 4 rings (SSSR count). The minimum absolute atomic E-state index is 0.215. The third kappa shape index (κ3) is 7.09. The van der Waals surface area contributed by atoms with E-state index in [1.165, 1.54) is 48.9 Å². The van der Waals surface area contributed by atoms with Crippen molar-refractivity contribution >= 4 is 64.2 Å². The summed E-state index contributed by atoms with van der Waals surface area (Å²) in [5.74, 6) is -2.66. The highest BCUT2D eigenvalue weighted by Crippen LogP contribution is 2.43. The van der Waals surface area contributed by atoms with Gasteiger partial charge in [-0.2, -0.15) is 0 Å². The van der Waals surface area contributed by atoms with Crippen molar-refractivity contribution in [2.24, 2.45) is 0 Å². The molecule has 0 N–H and O–H groups in total. The van der Waals surface area contributed by atoms with Gasteiger partial charge in [-0.15, -0.1) is 16.4 Å². The van der Waals surface area contributed by atoms with E-state index in [0.717, 1.165) is 16.6 Å². The van der Waals surface area contributed by atoms with E-state index in [2.05, 4.69) is 10.3 Å². The van der Waals surface area contributed by atoms with Crippen LogP contribution in [0.4, 0.5) is 4.39 Å². The maximum atomic E-state index is 14.1. The van der Waals surface area contributed by atoms with Gasteiger partial charge in [-0.05, 0) is 23.6 Å². The highest BCUT2D eigenvalue weighted by atomic mass is 35.5. The smallest absolute Gasteiger partial charge is 0.303 e. The molecule has 2 unspecified atom stereocenters. The number of aromatic nitrogens is 3. The molecule has 5 atom stereocenters. The van der Waals surface area contributed by atoms with Crippen LogP contribution >= 0.6 is 46.3 Å². The first kappa shape index (κ1) is 29.3. The number of hydrogen-bond donors (Lipinski definition) is 0. The Morgan fingerprint density at radius 1 is 1.10 bits per heavy atom. The molecule has 1 aliphatic rings. The lowest BCUT2D eigenvalue weighted by molar-refractivity contribution is -0.212. The molecule has 0 bridgehead atoms. The number of carbonyl (C=O) groups excluding carboxylic acids is 3. The average Bonchev–Trinajstić information content (AvgIpc) is 3.55. The number of esters is 3. The van der Waals surface area contributed by atoms with Crippen molar-refractivity contribution in [2.45, 2.75) is 55.5 Å². The Bertz CT molecular complexity index is 1330. The summed E-state index contributed by atoms with van der Waals surface area (Å²) in [6.45, 7) is 3.37. The van der Waals surface area contributed by atoms with Crippen molar-refractivity contribution < 1.29 is 37.7 Å². The molecule has 1 aliphatic heterocycles. The third-order valence-electron chi connectivity index (χ3n) is 5.47. The predicted octanol–water partition coefficient (Wildman–Crippen LogP) is 4.94. The van der Waals surface area contributed by atoms with Gasteiger partial charge in [0.2, 0.25) is 0 Å². The molecule has 0 spiro atoms. The summed E-state index contributed by atoms with van der Waals surface area (Å²) < 4.78 is 38.2. The van der Waals surface area contributed by atoms with E-state index in [-0.39, 0.29) is 16.7 Å². The van der Waals surface area contributed by atoms with Crippen LogP contribution in [0.25, 0.3) is 10.6 Å². The van der Waals surface area contributed by atoms with E-state index in [0.29, 0.717) is 10.6 Å². The van der Waals surface area contributed by atoms with E-state index in [9.17, 15) is 18.8 Å². The second-order valence-electron chi connectivity index (χ2n) is 8.36. The van der Waals surface area contributed by atoms with Crippen LogP contribution in [0, 0.1) is 5.82 Å². The largest absolute Gasteiger partial charge is 0.463 e. The van der Waals surface area contributed by atoms with E-state index in [4.69, 9.17) is 42.1 Å². The molecule has 3 heterocycles. The summed E-state index contributed by atoms with van der Waals surface area (Å²) in [6.07, 6.45) is -1.59. The molecule has 15 heteroatoms. The lowest BCUT2D eigenvalue weighted by Crippen LogP contribution is -2.57. The first-order chi connectivity index (χ1) is 18.5. The van der Waals surface area contributed by atoms with Gasteiger partial charge in [0.25, 0.3) is 0 Å². The van der Waals surface area contributed by atoms with Crippen LogP contribution in [0.3, 0.4) is 0 Å². The first-order valence-electron chi connectivity index (χ1n) is 11.4. The maximum absolute atomic E-state index is 14.1. The summed E-state index contributed by atoms with van der Waals surface area (Å²) in [5.41, 5.74) is -0.448. The number of halogens is 3. The molecule has 0 amide bonds. The summed E-state index contributed by atoms with van der Waals surface area (Å²) in [4.78, 5) is 37.3. The van der Waals surface area contributed by atoms with Gasteiger partial charge in [0.15, 0.2) is 18.0 Å². The highest BCUT2D eigenvalue weighted by Gasteiger charge is 2.52. The van der Waals surface area contributed by atoms with Gasteiger partial charge < -0.3 is 18.9 Å².